The van der Waals surface area contributed by atoms with Gasteiger partial charge in [0, 0.05) is 30.0 Å². The minimum atomic E-state index is -0.0248. The van der Waals surface area contributed by atoms with E-state index in [1.54, 1.807) is 24.2 Å². The molecule has 0 aliphatic rings. The van der Waals surface area contributed by atoms with E-state index in [0.29, 0.717) is 12.1 Å². The first-order chi connectivity index (χ1) is 9.08. The molecular weight excluding hydrogens is 304 g/mol. The number of rotatable bonds is 3. The SMILES string of the molecule is Cc1ccc(C(=O)N(C)Cc2ccccc2Br)cn1. The van der Waals surface area contributed by atoms with Gasteiger partial charge in [-0.15, -0.1) is 0 Å². The maximum Gasteiger partial charge on any atom is 0.255 e. The first-order valence-electron chi connectivity index (χ1n) is 5.99. The van der Waals surface area contributed by atoms with E-state index in [1.807, 2.05) is 37.3 Å². The van der Waals surface area contributed by atoms with Crippen LogP contribution in [0.1, 0.15) is 21.6 Å². The van der Waals surface area contributed by atoms with Crippen LogP contribution in [-0.2, 0) is 6.54 Å². The van der Waals surface area contributed by atoms with Gasteiger partial charge in [-0.2, -0.15) is 0 Å². The minimum absolute atomic E-state index is 0.0248. The van der Waals surface area contributed by atoms with Crippen LogP contribution < -0.4 is 0 Å². The van der Waals surface area contributed by atoms with Crippen LogP contribution in [0.4, 0.5) is 0 Å². The molecule has 0 spiro atoms. The van der Waals surface area contributed by atoms with Gasteiger partial charge in [-0.05, 0) is 30.7 Å². The maximum absolute atomic E-state index is 12.2. The van der Waals surface area contributed by atoms with Gasteiger partial charge in [-0.25, -0.2) is 0 Å². The zero-order valence-electron chi connectivity index (χ0n) is 10.9. The Morgan fingerprint density at radius 3 is 2.63 bits per heavy atom. The van der Waals surface area contributed by atoms with E-state index >= 15 is 0 Å². The number of amides is 1. The molecule has 0 saturated carbocycles. The van der Waals surface area contributed by atoms with Gasteiger partial charge >= 0.3 is 0 Å². The Morgan fingerprint density at radius 1 is 1.26 bits per heavy atom. The summed E-state index contributed by atoms with van der Waals surface area (Å²) in [5, 5.41) is 0. The standard InChI is InChI=1S/C15H15BrN2O/c1-11-7-8-12(9-17-11)15(19)18(2)10-13-5-3-4-6-14(13)16/h3-9H,10H2,1-2H3. The molecule has 0 saturated heterocycles. The zero-order chi connectivity index (χ0) is 13.8. The van der Waals surface area contributed by atoms with Crippen molar-refractivity contribution in [2.75, 3.05) is 7.05 Å². The Labute approximate surface area is 121 Å². The molecule has 4 heteroatoms. The zero-order valence-corrected chi connectivity index (χ0v) is 12.5. The Balaban J connectivity index is 2.12. The van der Waals surface area contributed by atoms with Crippen molar-refractivity contribution in [3.8, 4) is 0 Å². The molecule has 0 aliphatic heterocycles. The third kappa shape index (κ3) is 3.41. The number of carbonyl (C=O) groups excluding carboxylic acids is 1. The second kappa shape index (κ2) is 5.97. The Bertz CT molecular complexity index is 581. The van der Waals surface area contributed by atoms with Crippen LogP contribution in [0.2, 0.25) is 0 Å². The van der Waals surface area contributed by atoms with Gasteiger partial charge in [0.05, 0.1) is 5.56 Å². The lowest BCUT2D eigenvalue weighted by Gasteiger charge is -2.18. The molecule has 1 amide bonds. The Kier molecular flexibility index (Phi) is 4.32. The number of carbonyl (C=O) groups is 1. The quantitative estimate of drug-likeness (QED) is 0.868. The van der Waals surface area contributed by atoms with E-state index in [2.05, 4.69) is 20.9 Å². The predicted molar refractivity (Wildman–Crippen MR) is 78.9 cm³/mol. The van der Waals surface area contributed by atoms with Crippen molar-refractivity contribution in [3.05, 3.63) is 63.9 Å². The van der Waals surface area contributed by atoms with Crippen molar-refractivity contribution in [1.29, 1.82) is 0 Å². The fourth-order valence-corrected chi connectivity index (χ4v) is 2.18. The summed E-state index contributed by atoms with van der Waals surface area (Å²) in [6, 6.07) is 11.5. The number of pyridine rings is 1. The fourth-order valence-electron chi connectivity index (χ4n) is 1.77. The Morgan fingerprint density at radius 2 is 2.00 bits per heavy atom. The van der Waals surface area contributed by atoms with Crippen molar-refractivity contribution in [3.63, 3.8) is 0 Å². The molecule has 1 aromatic heterocycles. The molecule has 0 bridgehead atoms. The fraction of sp³-hybridized carbons (Fsp3) is 0.200. The number of hydrogen-bond acceptors (Lipinski definition) is 2. The van der Waals surface area contributed by atoms with Crippen LogP contribution in [0.3, 0.4) is 0 Å². The van der Waals surface area contributed by atoms with E-state index in [0.717, 1.165) is 15.7 Å². The molecule has 0 unspecified atom stereocenters. The molecule has 3 nitrogen and oxygen atoms in total. The van der Waals surface area contributed by atoms with Crippen LogP contribution in [0.25, 0.3) is 0 Å². The van der Waals surface area contributed by atoms with Gasteiger partial charge in [0.1, 0.15) is 0 Å². The highest BCUT2D eigenvalue weighted by atomic mass is 79.9. The first kappa shape index (κ1) is 13.7. The molecule has 0 radical (unpaired) electrons. The summed E-state index contributed by atoms with van der Waals surface area (Å²) < 4.78 is 1.01. The molecule has 0 atom stereocenters. The van der Waals surface area contributed by atoms with Gasteiger partial charge in [0.2, 0.25) is 0 Å². The average Bonchev–Trinajstić information content (AvgIpc) is 2.41. The van der Waals surface area contributed by atoms with Crippen molar-refractivity contribution < 1.29 is 4.79 Å². The largest absolute Gasteiger partial charge is 0.337 e. The average molecular weight is 319 g/mol. The third-order valence-corrected chi connectivity index (χ3v) is 3.64. The molecule has 1 heterocycles. The minimum Gasteiger partial charge on any atom is -0.337 e. The monoisotopic (exact) mass is 318 g/mol. The van der Waals surface area contributed by atoms with Crippen LogP contribution in [0.5, 0.6) is 0 Å². The highest BCUT2D eigenvalue weighted by Crippen LogP contribution is 2.18. The molecular formula is C15H15BrN2O. The second-order valence-corrected chi connectivity index (χ2v) is 5.30. The molecule has 0 aliphatic carbocycles. The third-order valence-electron chi connectivity index (χ3n) is 2.87. The summed E-state index contributed by atoms with van der Waals surface area (Å²) in [5.41, 5.74) is 2.60. The molecule has 98 valence electrons. The smallest absolute Gasteiger partial charge is 0.255 e. The van der Waals surface area contributed by atoms with E-state index in [-0.39, 0.29) is 5.91 Å². The van der Waals surface area contributed by atoms with E-state index < -0.39 is 0 Å². The van der Waals surface area contributed by atoms with Gasteiger partial charge in [-0.1, -0.05) is 34.1 Å². The summed E-state index contributed by atoms with van der Waals surface area (Å²) in [7, 11) is 1.79. The summed E-state index contributed by atoms with van der Waals surface area (Å²) in [4.78, 5) is 18.1. The summed E-state index contributed by atoms with van der Waals surface area (Å²) in [5.74, 6) is -0.0248. The number of hydrogen-bond donors (Lipinski definition) is 0. The number of nitrogens with zero attached hydrogens (tertiary/aromatic N) is 2. The molecule has 0 N–H and O–H groups in total. The molecule has 2 rings (SSSR count). The van der Waals surface area contributed by atoms with Crippen molar-refractivity contribution in [2.24, 2.45) is 0 Å². The number of halogens is 1. The highest BCUT2D eigenvalue weighted by molar-refractivity contribution is 9.10. The van der Waals surface area contributed by atoms with Crippen molar-refractivity contribution in [2.45, 2.75) is 13.5 Å². The summed E-state index contributed by atoms with van der Waals surface area (Å²) in [6.45, 7) is 2.47. The Hall–Kier alpha value is -1.68. The lowest BCUT2D eigenvalue weighted by molar-refractivity contribution is 0.0784. The van der Waals surface area contributed by atoms with Gasteiger partial charge in [-0.3, -0.25) is 9.78 Å². The first-order valence-corrected chi connectivity index (χ1v) is 6.79. The van der Waals surface area contributed by atoms with E-state index in [9.17, 15) is 4.79 Å². The molecule has 0 fully saturated rings. The number of aryl methyl sites for hydroxylation is 1. The number of aromatic nitrogens is 1. The second-order valence-electron chi connectivity index (χ2n) is 4.44. The lowest BCUT2D eigenvalue weighted by Crippen LogP contribution is -2.26. The summed E-state index contributed by atoms with van der Waals surface area (Å²) >= 11 is 3.49. The van der Waals surface area contributed by atoms with Crippen LogP contribution in [-0.4, -0.2) is 22.8 Å². The lowest BCUT2D eigenvalue weighted by atomic mass is 10.2. The summed E-state index contributed by atoms with van der Waals surface area (Å²) in [6.07, 6.45) is 1.62. The van der Waals surface area contributed by atoms with Gasteiger partial charge in [0.15, 0.2) is 0 Å². The molecule has 19 heavy (non-hydrogen) atoms. The van der Waals surface area contributed by atoms with Gasteiger partial charge < -0.3 is 4.90 Å². The predicted octanol–water partition coefficient (Wildman–Crippen LogP) is 3.42. The van der Waals surface area contributed by atoms with Crippen LogP contribution in [0, 0.1) is 6.92 Å². The van der Waals surface area contributed by atoms with Crippen LogP contribution >= 0.6 is 15.9 Å². The van der Waals surface area contributed by atoms with Crippen molar-refractivity contribution in [1.82, 2.24) is 9.88 Å². The van der Waals surface area contributed by atoms with Gasteiger partial charge in [0.25, 0.3) is 5.91 Å². The number of benzene rings is 1. The highest BCUT2D eigenvalue weighted by Gasteiger charge is 2.13. The molecule has 2 aromatic rings. The molecule has 1 aromatic carbocycles. The normalized spacial score (nSPS) is 10.3. The van der Waals surface area contributed by atoms with E-state index in [4.69, 9.17) is 0 Å². The maximum atomic E-state index is 12.2. The van der Waals surface area contributed by atoms with Crippen molar-refractivity contribution >= 4 is 21.8 Å². The van der Waals surface area contributed by atoms with Crippen LogP contribution in [0.15, 0.2) is 47.1 Å². The van der Waals surface area contributed by atoms with E-state index in [1.165, 1.54) is 0 Å². The topological polar surface area (TPSA) is 33.2 Å².